The topological polar surface area (TPSA) is 101 Å². The molecule has 0 spiro atoms. The van der Waals surface area contributed by atoms with Gasteiger partial charge < -0.3 is 33.9 Å². The van der Waals surface area contributed by atoms with E-state index in [1.54, 1.807) is 27.9 Å². The standard InChI is InChI=1S/C41H69N3O7/c1-11-44-26-28(2)25-41(7,48-10)37(51-38-35(45)34(42(8)9)23-29(3)50-38)30(4)36(46)40(5,6)39(47)49-27-33(44)24-32-18-21-43(22-19-32)20-17-31-15-13-12-14-16-31/h12-16,28-30,32-35,37-38,45H,11,17-27H2,1-10H3/t28-,29-,30+,33-,34+,35-,37-,38?,41-/m1/s1. The first-order chi connectivity index (χ1) is 24.1. The summed E-state index contributed by atoms with van der Waals surface area (Å²) in [6.45, 7) is 18.6. The van der Waals surface area contributed by atoms with E-state index in [2.05, 4.69) is 54.0 Å². The summed E-state index contributed by atoms with van der Waals surface area (Å²) in [5.74, 6) is -0.839. The number of hydrogen-bond acceptors (Lipinski definition) is 10. The number of likely N-dealkylation sites (N-methyl/N-ethyl adjacent to an activating group) is 2. The maximum Gasteiger partial charge on any atom is 0.319 e. The van der Waals surface area contributed by atoms with Gasteiger partial charge in [0.2, 0.25) is 0 Å². The summed E-state index contributed by atoms with van der Waals surface area (Å²) in [6.07, 6.45) is 2.69. The summed E-state index contributed by atoms with van der Waals surface area (Å²) >= 11 is 0. The molecule has 3 saturated heterocycles. The van der Waals surface area contributed by atoms with Gasteiger partial charge in [-0.1, -0.05) is 51.1 Å². The van der Waals surface area contributed by atoms with E-state index in [0.717, 1.165) is 58.4 Å². The molecule has 10 nitrogen and oxygen atoms in total. The van der Waals surface area contributed by atoms with Crippen molar-refractivity contribution in [2.24, 2.45) is 23.2 Å². The van der Waals surface area contributed by atoms with Crippen LogP contribution in [0.25, 0.3) is 0 Å². The first-order valence-electron chi connectivity index (χ1n) is 19.5. The highest BCUT2D eigenvalue weighted by Crippen LogP contribution is 2.38. The molecular weight excluding hydrogens is 646 g/mol. The molecule has 0 saturated carbocycles. The second kappa shape index (κ2) is 18.4. The number of likely N-dealkylation sites (tertiary alicyclic amines) is 1. The van der Waals surface area contributed by atoms with Crippen LogP contribution >= 0.6 is 0 Å². The lowest BCUT2D eigenvalue weighted by molar-refractivity contribution is -0.295. The number of piperidine rings is 1. The SMILES string of the molecule is CCN1C[C@H](C)C[C@@](C)(OC)[C@H](OC2O[C@H](C)C[C@H](N(C)C)[C@H]2O)[C@@H](C)C(=O)C(C)(C)C(=O)OC[C@H]1CC1CCN(CCc2ccccc2)CC1. The molecule has 1 N–H and O–H groups in total. The summed E-state index contributed by atoms with van der Waals surface area (Å²) in [6, 6.07) is 10.6. The van der Waals surface area contributed by atoms with E-state index in [-0.39, 0.29) is 36.5 Å². The Balaban J connectivity index is 1.54. The van der Waals surface area contributed by atoms with Crippen molar-refractivity contribution in [3.8, 4) is 0 Å². The normalized spacial score (nSPS) is 35.5. The Labute approximate surface area is 308 Å². The molecule has 0 aliphatic carbocycles. The van der Waals surface area contributed by atoms with Crippen LogP contribution in [-0.4, -0.2) is 134 Å². The zero-order valence-corrected chi connectivity index (χ0v) is 33.3. The van der Waals surface area contributed by atoms with Gasteiger partial charge in [-0.25, -0.2) is 0 Å². The van der Waals surface area contributed by atoms with Gasteiger partial charge in [0.25, 0.3) is 0 Å². The van der Waals surface area contributed by atoms with Gasteiger partial charge >= 0.3 is 5.97 Å². The van der Waals surface area contributed by atoms with Gasteiger partial charge in [-0.05, 0) is 117 Å². The number of hydrogen-bond donors (Lipinski definition) is 1. The molecule has 3 aliphatic heterocycles. The maximum absolute atomic E-state index is 14.4. The van der Waals surface area contributed by atoms with Gasteiger partial charge in [0.05, 0.1) is 17.8 Å². The van der Waals surface area contributed by atoms with Crippen molar-refractivity contribution >= 4 is 11.8 Å². The highest BCUT2D eigenvalue weighted by Gasteiger charge is 2.51. The van der Waals surface area contributed by atoms with E-state index in [0.29, 0.717) is 18.8 Å². The number of rotatable bonds is 10. The molecule has 0 bridgehead atoms. The second-order valence-corrected chi connectivity index (χ2v) is 16.8. The van der Waals surface area contributed by atoms with E-state index in [4.69, 9.17) is 18.9 Å². The lowest BCUT2D eigenvalue weighted by atomic mass is 9.74. The number of aliphatic hydroxyl groups excluding tert-OH is 1. The van der Waals surface area contributed by atoms with E-state index >= 15 is 0 Å². The maximum atomic E-state index is 14.4. The van der Waals surface area contributed by atoms with Crippen LogP contribution < -0.4 is 0 Å². The van der Waals surface area contributed by atoms with Crippen LogP contribution in [0.4, 0.5) is 0 Å². The molecule has 1 aromatic rings. The molecule has 290 valence electrons. The number of esters is 1. The largest absolute Gasteiger partial charge is 0.463 e. The van der Waals surface area contributed by atoms with Crippen molar-refractivity contribution < 1.29 is 33.6 Å². The van der Waals surface area contributed by atoms with Crippen LogP contribution in [-0.2, 0) is 35.0 Å². The van der Waals surface area contributed by atoms with Crippen molar-refractivity contribution in [3.05, 3.63) is 35.9 Å². The average molecular weight is 716 g/mol. The molecule has 51 heavy (non-hydrogen) atoms. The van der Waals surface area contributed by atoms with Crippen LogP contribution in [0.15, 0.2) is 30.3 Å². The third-order valence-electron chi connectivity index (χ3n) is 12.1. The predicted molar refractivity (Wildman–Crippen MR) is 200 cm³/mol. The quantitative estimate of drug-likeness (QED) is 0.262. The summed E-state index contributed by atoms with van der Waals surface area (Å²) in [5, 5.41) is 11.4. The van der Waals surface area contributed by atoms with Crippen LogP contribution in [0.5, 0.6) is 0 Å². The summed E-state index contributed by atoms with van der Waals surface area (Å²) < 4.78 is 25.3. The Morgan fingerprint density at radius 1 is 1.04 bits per heavy atom. The minimum atomic E-state index is -1.41. The molecule has 10 heteroatoms. The number of Topliss-reactive ketones (excluding diaryl/α,β-unsaturated/α-hetero) is 1. The number of ketones is 1. The third kappa shape index (κ3) is 10.6. The van der Waals surface area contributed by atoms with Crippen molar-refractivity contribution in [3.63, 3.8) is 0 Å². The lowest BCUT2D eigenvalue weighted by Crippen LogP contribution is -2.59. The highest BCUT2D eigenvalue weighted by atomic mass is 16.7. The van der Waals surface area contributed by atoms with Gasteiger partial charge in [-0.15, -0.1) is 0 Å². The molecule has 3 fully saturated rings. The van der Waals surface area contributed by atoms with Crippen molar-refractivity contribution in [1.82, 2.24) is 14.7 Å². The van der Waals surface area contributed by atoms with Gasteiger partial charge in [0.15, 0.2) is 12.1 Å². The zero-order chi connectivity index (χ0) is 37.5. The number of aliphatic hydroxyl groups is 1. The molecule has 3 aliphatic rings. The number of nitrogens with zero attached hydrogens (tertiary/aromatic N) is 3. The van der Waals surface area contributed by atoms with Gasteiger partial charge in [-0.2, -0.15) is 0 Å². The highest BCUT2D eigenvalue weighted by molar-refractivity contribution is 6.04. The molecule has 0 radical (unpaired) electrons. The summed E-state index contributed by atoms with van der Waals surface area (Å²) in [4.78, 5) is 35.2. The van der Waals surface area contributed by atoms with Gasteiger partial charge in [0, 0.05) is 38.2 Å². The van der Waals surface area contributed by atoms with Crippen LogP contribution in [0.1, 0.15) is 86.1 Å². The van der Waals surface area contributed by atoms with Crippen molar-refractivity contribution in [2.45, 2.75) is 129 Å². The number of cyclic esters (lactones) is 1. The second-order valence-electron chi connectivity index (χ2n) is 16.8. The third-order valence-corrected chi connectivity index (χ3v) is 12.1. The number of carbonyl (C=O) groups is 2. The molecule has 4 rings (SSSR count). The summed E-state index contributed by atoms with van der Waals surface area (Å²) in [5.41, 5.74) is -0.947. The summed E-state index contributed by atoms with van der Waals surface area (Å²) in [7, 11) is 5.53. The van der Waals surface area contributed by atoms with E-state index in [1.807, 2.05) is 32.8 Å². The molecule has 1 unspecified atom stereocenters. The van der Waals surface area contributed by atoms with Crippen LogP contribution in [0, 0.1) is 23.2 Å². The molecule has 0 amide bonds. The Morgan fingerprint density at radius 2 is 1.71 bits per heavy atom. The van der Waals surface area contributed by atoms with Crippen molar-refractivity contribution in [2.75, 3.05) is 60.5 Å². The Bertz CT molecular complexity index is 1240. The first-order valence-corrected chi connectivity index (χ1v) is 19.5. The number of carbonyl (C=O) groups excluding carboxylic acids is 2. The predicted octanol–water partition coefficient (Wildman–Crippen LogP) is 5.05. The smallest absolute Gasteiger partial charge is 0.319 e. The van der Waals surface area contributed by atoms with Gasteiger partial charge in [-0.3, -0.25) is 14.5 Å². The van der Waals surface area contributed by atoms with E-state index in [1.165, 1.54) is 5.56 Å². The molecule has 9 atom stereocenters. The Morgan fingerprint density at radius 3 is 2.31 bits per heavy atom. The molecular formula is C41H69N3O7. The Kier molecular flexibility index (Phi) is 15.1. The van der Waals surface area contributed by atoms with Gasteiger partial charge in [0.1, 0.15) is 18.1 Å². The van der Waals surface area contributed by atoms with Crippen LogP contribution in [0.3, 0.4) is 0 Å². The fraction of sp³-hybridized carbons (Fsp3) is 0.805. The minimum absolute atomic E-state index is 0.0439. The number of benzene rings is 1. The Hall–Kier alpha value is -1.92. The zero-order valence-electron chi connectivity index (χ0n) is 33.3. The van der Waals surface area contributed by atoms with E-state index in [9.17, 15) is 14.7 Å². The average Bonchev–Trinajstić information content (AvgIpc) is 3.11. The number of methoxy groups -OCH3 is 1. The fourth-order valence-corrected chi connectivity index (χ4v) is 8.84. The fourth-order valence-electron chi connectivity index (χ4n) is 8.84. The van der Waals surface area contributed by atoms with Crippen LogP contribution in [0.2, 0.25) is 0 Å². The molecule has 1 aromatic carbocycles. The number of ether oxygens (including phenoxy) is 4. The minimum Gasteiger partial charge on any atom is -0.463 e. The first kappa shape index (κ1) is 41.8. The molecule has 0 aromatic heterocycles. The van der Waals surface area contributed by atoms with E-state index < -0.39 is 41.4 Å². The van der Waals surface area contributed by atoms with Crippen molar-refractivity contribution in [1.29, 1.82) is 0 Å². The lowest BCUT2D eigenvalue weighted by Gasteiger charge is -2.47. The molecule has 3 heterocycles. The monoisotopic (exact) mass is 716 g/mol.